The second-order valence-electron chi connectivity index (χ2n) is 5.44. The molecule has 0 fully saturated rings. The van der Waals surface area contributed by atoms with E-state index in [0.29, 0.717) is 0 Å². The maximum Gasteiger partial charge on any atom is 1.00 e. The number of hydrogen-bond donors (Lipinski definition) is 0. The number of unbranched alkanes of at least 4 members (excludes halogenated alkanes) is 12. The normalized spacial score (nSPS) is 10.8. The molecular formula is C18H35K. The zero-order valence-electron chi connectivity index (χ0n) is 13.8. The smallest absolute Gasteiger partial charge is 0.343 e. The van der Waals surface area contributed by atoms with Gasteiger partial charge in [-0.15, -0.1) is 0 Å². The van der Waals surface area contributed by atoms with Gasteiger partial charge in [0.05, 0.1) is 0 Å². The summed E-state index contributed by atoms with van der Waals surface area (Å²) in [4.78, 5) is 0. The maximum atomic E-state index is 3.87. The molecule has 0 aliphatic carbocycles. The van der Waals surface area contributed by atoms with Gasteiger partial charge < -0.3 is 6.92 Å². The molecule has 0 rings (SSSR count). The van der Waals surface area contributed by atoms with Crippen LogP contribution in [0.3, 0.4) is 0 Å². The standard InChI is InChI=1S/C18H35.K/c1-3-5-7-9-11-13-15-17-18-16-14-12-10-8-6-4-2;/h17-18H,1,3-16H2,2H3;/q-1;+1/b18-17-;. The first-order chi connectivity index (χ1) is 8.91. The Morgan fingerprint density at radius 2 is 1.05 bits per heavy atom. The predicted octanol–water partition coefficient (Wildman–Crippen LogP) is 3.86. The minimum absolute atomic E-state index is 0. The van der Waals surface area contributed by atoms with Crippen molar-refractivity contribution in [3.05, 3.63) is 19.1 Å². The fourth-order valence-electron chi connectivity index (χ4n) is 2.25. The van der Waals surface area contributed by atoms with Crippen molar-refractivity contribution >= 4 is 0 Å². The van der Waals surface area contributed by atoms with Gasteiger partial charge in [0.2, 0.25) is 0 Å². The molecule has 0 unspecified atom stereocenters. The second-order valence-corrected chi connectivity index (χ2v) is 5.44. The Morgan fingerprint density at radius 3 is 1.53 bits per heavy atom. The van der Waals surface area contributed by atoms with Gasteiger partial charge in [0.25, 0.3) is 0 Å². The van der Waals surface area contributed by atoms with E-state index in [9.17, 15) is 0 Å². The molecule has 108 valence electrons. The molecule has 0 bridgehead atoms. The third-order valence-electron chi connectivity index (χ3n) is 3.51. The summed E-state index contributed by atoms with van der Waals surface area (Å²) in [5.41, 5.74) is 0. The molecule has 0 spiro atoms. The first-order valence-electron chi connectivity index (χ1n) is 8.36. The third kappa shape index (κ3) is 21.8. The van der Waals surface area contributed by atoms with Gasteiger partial charge in [-0.3, -0.25) is 0 Å². The minimum atomic E-state index is 0. The molecule has 0 radical (unpaired) electrons. The summed E-state index contributed by atoms with van der Waals surface area (Å²) < 4.78 is 0. The van der Waals surface area contributed by atoms with E-state index in [1.165, 1.54) is 83.5 Å². The fourth-order valence-corrected chi connectivity index (χ4v) is 2.25. The van der Waals surface area contributed by atoms with Crippen LogP contribution in [0.2, 0.25) is 0 Å². The van der Waals surface area contributed by atoms with Crippen LogP contribution in [-0.4, -0.2) is 0 Å². The van der Waals surface area contributed by atoms with Crippen molar-refractivity contribution in [3.63, 3.8) is 0 Å². The summed E-state index contributed by atoms with van der Waals surface area (Å²) in [5.74, 6) is 0. The van der Waals surface area contributed by atoms with E-state index in [1.54, 1.807) is 0 Å². The molecule has 0 saturated carbocycles. The van der Waals surface area contributed by atoms with Crippen LogP contribution in [-0.2, 0) is 0 Å². The van der Waals surface area contributed by atoms with Gasteiger partial charge in [-0.25, -0.2) is 0 Å². The van der Waals surface area contributed by atoms with E-state index < -0.39 is 0 Å². The second kappa shape index (κ2) is 21.7. The molecule has 0 aromatic carbocycles. The zero-order chi connectivity index (χ0) is 13.3. The van der Waals surface area contributed by atoms with Crippen LogP contribution in [0.5, 0.6) is 0 Å². The van der Waals surface area contributed by atoms with E-state index in [1.807, 2.05) is 0 Å². The molecule has 0 aliphatic rings. The average Bonchev–Trinajstić information content (AvgIpc) is 2.39. The van der Waals surface area contributed by atoms with Crippen LogP contribution >= 0.6 is 0 Å². The number of rotatable bonds is 14. The predicted molar refractivity (Wildman–Crippen MR) is 84.8 cm³/mol. The average molecular weight is 291 g/mol. The molecule has 0 aliphatic heterocycles. The van der Waals surface area contributed by atoms with Gasteiger partial charge >= 0.3 is 51.4 Å². The summed E-state index contributed by atoms with van der Waals surface area (Å²) >= 11 is 0. The molecule has 0 saturated heterocycles. The molecule has 0 aromatic heterocycles. The van der Waals surface area contributed by atoms with Gasteiger partial charge in [0, 0.05) is 0 Å². The van der Waals surface area contributed by atoms with Gasteiger partial charge in [0.1, 0.15) is 0 Å². The van der Waals surface area contributed by atoms with Crippen molar-refractivity contribution in [1.29, 1.82) is 0 Å². The summed E-state index contributed by atoms with van der Waals surface area (Å²) in [7, 11) is 0. The maximum absolute atomic E-state index is 3.87. The summed E-state index contributed by atoms with van der Waals surface area (Å²) in [5, 5.41) is 0. The van der Waals surface area contributed by atoms with Crippen molar-refractivity contribution in [3.8, 4) is 0 Å². The Bertz CT molecular complexity index is 145. The van der Waals surface area contributed by atoms with Crippen molar-refractivity contribution < 1.29 is 51.4 Å². The summed E-state index contributed by atoms with van der Waals surface area (Å²) in [6, 6.07) is 0. The van der Waals surface area contributed by atoms with Gasteiger partial charge in [-0.2, -0.15) is 6.42 Å². The van der Waals surface area contributed by atoms with Gasteiger partial charge in [-0.1, -0.05) is 76.9 Å². The number of allylic oxidation sites excluding steroid dienone is 2. The van der Waals surface area contributed by atoms with Gasteiger partial charge in [-0.05, 0) is 25.7 Å². The zero-order valence-corrected chi connectivity index (χ0v) is 16.9. The summed E-state index contributed by atoms with van der Waals surface area (Å²) in [6.45, 7) is 6.15. The number of hydrogen-bond acceptors (Lipinski definition) is 0. The summed E-state index contributed by atoms with van der Waals surface area (Å²) in [6.07, 6.45) is 23.8. The Hall–Kier alpha value is 1.38. The molecule has 19 heavy (non-hydrogen) atoms. The fraction of sp³-hybridized carbons (Fsp3) is 0.833. The Labute approximate surface area is 165 Å². The van der Waals surface area contributed by atoms with Crippen LogP contribution in [0.15, 0.2) is 12.2 Å². The first kappa shape index (κ1) is 22.7. The van der Waals surface area contributed by atoms with E-state index in [0.717, 1.165) is 6.42 Å². The SMILES string of the molecule is [CH2-]CCCCCCC/C=C\CCCCCCCC.[K+]. The van der Waals surface area contributed by atoms with Crippen LogP contribution in [0, 0.1) is 6.92 Å². The monoisotopic (exact) mass is 290 g/mol. The topological polar surface area (TPSA) is 0 Å². The Kier molecular flexibility index (Phi) is 25.8. The van der Waals surface area contributed by atoms with E-state index in [4.69, 9.17) is 0 Å². The van der Waals surface area contributed by atoms with Crippen LogP contribution in [0.4, 0.5) is 0 Å². The Balaban J connectivity index is 0. The molecule has 0 atom stereocenters. The molecule has 0 aromatic rings. The third-order valence-corrected chi connectivity index (χ3v) is 3.51. The largest absolute Gasteiger partial charge is 1.00 e. The van der Waals surface area contributed by atoms with Crippen molar-refractivity contribution in [2.24, 2.45) is 0 Å². The minimum Gasteiger partial charge on any atom is -0.343 e. The first-order valence-corrected chi connectivity index (χ1v) is 8.36. The molecule has 0 N–H and O–H groups in total. The van der Waals surface area contributed by atoms with Crippen molar-refractivity contribution in [2.45, 2.75) is 96.8 Å². The van der Waals surface area contributed by atoms with Crippen molar-refractivity contribution in [1.82, 2.24) is 0 Å². The van der Waals surface area contributed by atoms with Crippen LogP contribution < -0.4 is 51.4 Å². The molecule has 0 amide bonds. The molecule has 1 heteroatoms. The molecule has 0 heterocycles. The van der Waals surface area contributed by atoms with Crippen LogP contribution in [0.25, 0.3) is 0 Å². The van der Waals surface area contributed by atoms with E-state index in [2.05, 4.69) is 26.0 Å². The molecular weight excluding hydrogens is 255 g/mol. The van der Waals surface area contributed by atoms with E-state index >= 15 is 0 Å². The van der Waals surface area contributed by atoms with E-state index in [-0.39, 0.29) is 51.4 Å². The Morgan fingerprint density at radius 1 is 0.632 bits per heavy atom. The van der Waals surface area contributed by atoms with Gasteiger partial charge in [0.15, 0.2) is 0 Å². The van der Waals surface area contributed by atoms with Crippen LogP contribution in [0.1, 0.15) is 96.8 Å². The molecule has 0 nitrogen and oxygen atoms in total. The quantitative estimate of drug-likeness (QED) is 0.197. The van der Waals surface area contributed by atoms with Crippen molar-refractivity contribution in [2.75, 3.05) is 0 Å².